The van der Waals surface area contributed by atoms with Crippen molar-refractivity contribution in [2.24, 2.45) is 0 Å². The van der Waals surface area contributed by atoms with Crippen LogP contribution in [0.3, 0.4) is 0 Å². The number of rotatable bonds is 10. The van der Waals surface area contributed by atoms with E-state index in [0.29, 0.717) is 0 Å². The standard InChI is InChI=1S/C13H28O3Si/c1-4-5-6-7-8-9-10-11-12-17(2,3)16-13(14)15/h4-12H2,1-3H3,(H,14,15). The highest BCUT2D eigenvalue weighted by Gasteiger charge is 2.25. The predicted octanol–water partition coefficient (Wildman–Crippen LogP) is 5.03. The average Bonchev–Trinajstić information content (AvgIpc) is 2.20. The van der Waals surface area contributed by atoms with Gasteiger partial charge in [0.05, 0.1) is 0 Å². The minimum atomic E-state index is -1.95. The third-order valence-corrected chi connectivity index (χ3v) is 5.28. The van der Waals surface area contributed by atoms with E-state index in [9.17, 15) is 4.79 Å². The first-order chi connectivity index (χ1) is 7.98. The predicted molar refractivity (Wildman–Crippen MR) is 74.0 cm³/mol. The van der Waals surface area contributed by atoms with Gasteiger partial charge in [0.15, 0.2) is 0 Å². The van der Waals surface area contributed by atoms with Gasteiger partial charge in [0.1, 0.15) is 0 Å². The Hall–Kier alpha value is -0.513. The Kier molecular flexibility index (Phi) is 9.22. The van der Waals surface area contributed by atoms with E-state index in [2.05, 4.69) is 6.92 Å². The van der Waals surface area contributed by atoms with Gasteiger partial charge in [-0.3, -0.25) is 0 Å². The lowest BCUT2D eigenvalue weighted by Crippen LogP contribution is -2.32. The number of carboxylic acid groups (broad SMARTS) is 1. The number of hydrogen-bond acceptors (Lipinski definition) is 2. The Morgan fingerprint density at radius 1 is 1.00 bits per heavy atom. The lowest BCUT2D eigenvalue weighted by molar-refractivity contribution is 0.141. The zero-order valence-corrected chi connectivity index (χ0v) is 12.6. The smallest absolute Gasteiger partial charge is 0.490 e. The van der Waals surface area contributed by atoms with E-state index in [0.717, 1.165) is 12.5 Å². The zero-order chi connectivity index (χ0) is 13.1. The highest BCUT2D eigenvalue weighted by atomic mass is 28.4. The van der Waals surface area contributed by atoms with Crippen molar-refractivity contribution in [3.8, 4) is 0 Å². The van der Waals surface area contributed by atoms with Gasteiger partial charge in [-0.1, -0.05) is 58.3 Å². The van der Waals surface area contributed by atoms with Gasteiger partial charge >= 0.3 is 6.16 Å². The van der Waals surface area contributed by atoms with Crippen LogP contribution in [0.15, 0.2) is 0 Å². The maximum atomic E-state index is 10.5. The van der Waals surface area contributed by atoms with Gasteiger partial charge in [0.25, 0.3) is 8.32 Å². The number of unbranched alkanes of at least 4 members (excludes halogenated alkanes) is 7. The van der Waals surface area contributed by atoms with Gasteiger partial charge in [0.2, 0.25) is 0 Å². The molecule has 0 aromatic heterocycles. The SMILES string of the molecule is CCCCCCCCCC[Si](C)(C)OC(=O)O. The molecule has 0 aliphatic rings. The molecule has 0 unspecified atom stereocenters. The molecule has 0 aliphatic carbocycles. The van der Waals surface area contributed by atoms with Crippen LogP contribution >= 0.6 is 0 Å². The Morgan fingerprint density at radius 3 is 1.94 bits per heavy atom. The first-order valence-corrected chi connectivity index (χ1v) is 10.0. The molecule has 0 heterocycles. The van der Waals surface area contributed by atoms with Crippen molar-refractivity contribution in [3.05, 3.63) is 0 Å². The normalized spacial score (nSPS) is 11.5. The Bertz CT molecular complexity index is 205. The summed E-state index contributed by atoms with van der Waals surface area (Å²) in [6.45, 7) is 6.18. The lowest BCUT2D eigenvalue weighted by atomic mass is 10.1. The minimum absolute atomic E-state index is 0.953. The van der Waals surface area contributed by atoms with Gasteiger partial charge < -0.3 is 9.53 Å². The topological polar surface area (TPSA) is 46.5 Å². The summed E-state index contributed by atoms with van der Waals surface area (Å²) >= 11 is 0. The maximum Gasteiger partial charge on any atom is 0.491 e. The fourth-order valence-electron chi connectivity index (χ4n) is 1.97. The van der Waals surface area contributed by atoms with E-state index in [1.165, 1.54) is 44.9 Å². The molecule has 0 saturated carbocycles. The fourth-order valence-corrected chi connectivity index (χ4v) is 3.65. The summed E-state index contributed by atoms with van der Waals surface area (Å²) < 4.78 is 4.95. The molecule has 0 aliphatic heterocycles. The van der Waals surface area contributed by atoms with Gasteiger partial charge in [-0.25, -0.2) is 4.79 Å². The van der Waals surface area contributed by atoms with Crippen molar-refractivity contribution in [2.75, 3.05) is 0 Å². The van der Waals surface area contributed by atoms with Crippen LogP contribution in [0, 0.1) is 0 Å². The van der Waals surface area contributed by atoms with Crippen molar-refractivity contribution >= 4 is 14.5 Å². The van der Waals surface area contributed by atoms with Crippen LogP contribution < -0.4 is 0 Å². The van der Waals surface area contributed by atoms with Gasteiger partial charge in [0, 0.05) is 0 Å². The monoisotopic (exact) mass is 260 g/mol. The summed E-state index contributed by atoms with van der Waals surface area (Å²) in [6.07, 6.45) is 9.17. The first-order valence-electron chi connectivity index (χ1n) is 6.90. The van der Waals surface area contributed by atoms with Gasteiger partial charge in [-0.2, -0.15) is 0 Å². The summed E-state index contributed by atoms with van der Waals surface area (Å²) in [7, 11) is -1.95. The van der Waals surface area contributed by atoms with E-state index >= 15 is 0 Å². The molecule has 4 heteroatoms. The van der Waals surface area contributed by atoms with Crippen LogP contribution in [0.25, 0.3) is 0 Å². The van der Waals surface area contributed by atoms with E-state index < -0.39 is 14.5 Å². The molecule has 3 nitrogen and oxygen atoms in total. The molecule has 0 aromatic carbocycles. The highest BCUT2D eigenvalue weighted by molar-refractivity contribution is 6.72. The van der Waals surface area contributed by atoms with E-state index in [1.807, 2.05) is 13.1 Å². The van der Waals surface area contributed by atoms with Crippen LogP contribution in [-0.2, 0) is 4.43 Å². The molecule has 0 amide bonds. The summed E-state index contributed by atoms with van der Waals surface area (Å²) in [4.78, 5) is 10.5. The van der Waals surface area contributed by atoms with Crippen LogP contribution in [-0.4, -0.2) is 19.6 Å². The largest absolute Gasteiger partial charge is 0.491 e. The average molecular weight is 260 g/mol. The van der Waals surface area contributed by atoms with Gasteiger partial charge in [-0.15, -0.1) is 0 Å². The van der Waals surface area contributed by atoms with Gasteiger partial charge in [-0.05, 0) is 19.1 Å². The summed E-state index contributed by atoms with van der Waals surface area (Å²) in [5.41, 5.74) is 0. The van der Waals surface area contributed by atoms with E-state index in [-0.39, 0.29) is 0 Å². The van der Waals surface area contributed by atoms with Crippen molar-refractivity contribution < 1.29 is 14.3 Å². The molecule has 17 heavy (non-hydrogen) atoms. The van der Waals surface area contributed by atoms with E-state index in [4.69, 9.17) is 9.53 Å². The second-order valence-electron chi connectivity index (χ2n) is 5.35. The molecular weight excluding hydrogens is 232 g/mol. The van der Waals surface area contributed by atoms with E-state index in [1.54, 1.807) is 0 Å². The molecule has 0 bridgehead atoms. The lowest BCUT2D eigenvalue weighted by Gasteiger charge is -2.20. The molecule has 0 radical (unpaired) electrons. The summed E-state index contributed by atoms with van der Waals surface area (Å²) in [6, 6.07) is 0.953. The Labute approximate surface area is 107 Å². The maximum absolute atomic E-state index is 10.5. The zero-order valence-electron chi connectivity index (χ0n) is 11.6. The van der Waals surface area contributed by atoms with Crippen molar-refractivity contribution in [2.45, 2.75) is 77.4 Å². The molecule has 102 valence electrons. The van der Waals surface area contributed by atoms with Crippen LogP contribution in [0.4, 0.5) is 4.79 Å². The molecule has 0 saturated heterocycles. The number of carbonyl (C=O) groups is 1. The van der Waals surface area contributed by atoms with Crippen LogP contribution in [0.1, 0.15) is 58.3 Å². The molecule has 0 rings (SSSR count). The number of hydrogen-bond donors (Lipinski definition) is 1. The highest BCUT2D eigenvalue weighted by Crippen LogP contribution is 2.17. The second-order valence-corrected chi connectivity index (χ2v) is 9.58. The molecule has 0 fully saturated rings. The molecule has 1 N–H and O–H groups in total. The van der Waals surface area contributed by atoms with Crippen molar-refractivity contribution in [1.82, 2.24) is 0 Å². The third kappa shape index (κ3) is 11.7. The van der Waals surface area contributed by atoms with Crippen molar-refractivity contribution in [1.29, 1.82) is 0 Å². The third-order valence-electron chi connectivity index (χ3n) is 3.00. The van der Waals surface area contributed by atoms with Crippen LogP contribution in [0.2, 0.25) is 19.1 Å². The summed E-state index contributed by atoms with van der Waals surface area (Å²) in [5, 5.41) is 8.58. The van der Waals surface area contributed by atoms with Crippen LogP contribution in [0.5, 0.6) is 0 Å². The minimum Gasteiger partial charge on any atom is -0.490 e. The molecular formula is C13H28O3Si. The molecule has 0 atom stereocenters. The summed E-state index contributed by atoms with van der Waals surface area (Å²) in [5.74, 6) is 0. The Balaban J connectivity index is 3.35. The Morgan fingerprint density at radius 2 is 1.47 bits per heavy atom. The molecule has 0 spiro atoms. The molecule has 0 aromatic rings. The fraction of sp³-hybridized carbons (Fsp3) is 0.923. The second kappa shape index (κ2) is 9.51. The quantitative estimate of drug-likeness (QED) is 0.443. The van der Waals surface area contributed by atoms with Crippen molar-refractivity contribution in [3.63, 3.8) is 0 Å². The first kappa shape index (κ1) is 16.5.